The van der Waals surface area contributed by atoms with Crippen molar-refractivity contribution in [3.05, 3.63) is 29.8 Å². The number of benzene rings is 1. The molecule has 21 heavy (non-hydrogen) atoms. The topological polar surface area (TPSA) is 18.5 Å². The van der Waals surface area contributed by atoms with Crippen LogP contribution in [-0.4, -0.2) is 48.1 Å². The molecule has 1 N–H and O–H groups in total. The first-order valence-corrected chi connectivity index (χ1v) is 8.52. The standard InChI is InChI=1S/C18H29N3/c1-15(2)21-12-9-18(14-21)19-17-7-5-16(6-8-17)13-20-10-3-4-11-20/h5-8,15,18-19H,3-4,9-14H2,1-2H3. The van der Waals surface area contributed by atoms with Crippen molar-refractivity contribution in [2.24, 2.45) is 0 Å². The van der Waals surface area contributed by atoms with E-state index in [1.165, 1.54) is 56.7 Å². The summed E-state index contributed by atoms with van der Waals surface area (Å²) in [7, 11) is 0. The van der Waals surface area contributed by atoms with Gasteiger partial charge in [-0.25, -0.2) is 0 Å². The van der Waals surface area contributed by atoms with Gasteiger partial charge < -0.3 is 5.32 Å². The molecule has 116 valence electrons. The molecule has 2 heterocycles. The smallest absolute Gasteiger partial charge is 0.0400 e. The zero-order valence-electron chi connectivity index (χ0n) is 13.5. The molecule has 1 unspecified atom stereocenters. The van der Waals surface area contributed by atoms with Crippen molar-refractivity contribution in [1.29, 1.82) is 0 Å². The van der Waals surface area contributed by atoms with Crippen LogP contribution < -0.4 is 5.32 Å². The van der Waals surface area contributed by atoms with Crippen LogP contribution in [0.1, 0.15) is 38.7 Å². The van der Waals surface area contributed by atoms with E-state index < -0.39 is 0 Å². The van der Waals surface area contributed by atoms with E-state index in [-0.39, 0.29) is 0 Å². The number of rotatable bonds is 5. The van der Waals surface area contributed by atoms with E-state index in [9.17, 15) is 0 Å². The predicted octanol–water partition coefficient (Wildman–Crippen LogP) is 3.18. The van der Waals surface area contributed by atoms with E-state index in [0.29, 0.717) is 12.1 Å². The van der Waals surface area contributed by atoms with E-state index in [2.05, 4.69) is 53.2 Å². The molecule has 2 saturated heterocycles. The third kappa shape index (κ3) is 3.98. The van der Waals surface area contributed by atoms with Gasteiger partial charge in [-0.15, -0.1) is 0 Å². The Bertz CT molecular complexity index is 434. The molecule has 1 aromatic carbocycles. The molecule has 2 aliphatic rings. The second kappa shape index (κ2) is 6.80. The van der Waals surface area contributed by atoms with Crippen LogP contribution in [0, 0.1) is 0 Å². The van der Waals surface area contributed by atoms with Crippen molar-refractivity contribution < 1.29 is 0 Å². The zero-order chi connectivity index (χ0) is 14.7. The lowest BCUT2D eigenvalue weighted by Gasteiger charge is -2.21. The fourth-order valence-electron chi connectivity index (χ4n) is 3.52. The molecule has 0 aliphatic carbocycles. The van der Waals surface area contributed by atoms with Gasteiger partial charge in [0.15, 0.2) is 0 Å². The Balaban J connectivity index is 1.50. The van der Waals surface area contributed by atoms with Crippen LogP contribution in [-0.2, 0) is 6.54 Å². The minimum atomic E-state index is 0.608. The first-order valence-electron chi connectivity index (χ1n) is 8.52. The Morgan fingerprint density at radius 1 is 1.10 bits per heavy atom. The molecular weight excluding hydrogens is 258 g/mol. The molecule has 0 radical (unpaired) electrons. The van der Waals surface area contributed by atoms with Crippen LogP contribution in [0.2, 0.25) is 0 Å². The molecular formula is C18H29N3. The molecule has 3 rings (SSSR count). The summed E-state index contributed by atoms with van der Waals surface area (Å²) in [5.74, 6) is 0. The minimum absolute atomic E-state index is 0.608. The highest BCUT2D eigenvalue weighted by Crippen LogP contribution is 2.19. The summed E-state index contributed by atoms with van der Waals surface area (Å²) >= 11 is 0. The lowest BCUT2D eigenvalue weighted by Crippen LogP contribution is -2.31. The monoisotopic (exact) mass is 287 g/mol. The maximum atomic E-state index is 3.69. The van der Waals surface area contributed by atoms with Crippen molar-refractivity contribution in [2.45, 2.75) is 51.7 Å². The average molecular weight is 287 g/mol. The highest BCUT2D eigenvalue weighted by atomic mass is 15.2. The van der Waals surface area contributed by atoms with Crippen molar-refractivity contribution in [3.63, 3.8) is 0 Å². The summed E-state index contributed by atoms with van der Waals surface area (Å²) in [6.45, 7) is 10.6. The van der Waals surface area contributed by atoms with Gasteiger partial charge >= 0.3 is 0 Å². The first kappa shape index (κ1) is 14.9. The fourth-order valence-corrected chi connectivity index (χ4v) is 3.52. The van der Waals surface area contributed by atoms with Crippen LogP contribution in [0.15, 0.2) is 24.3 Å². The Kier molecular flexibility index (Phi) is 4.81. The van der Waals surface area contributed by atoms with Gasteiger partial charge in [0.05, 0.1) is 0 Å². The Morgan fingerprint density at radius 3 is 2.43 bits per heavy atom. The third-order valence-electron chi connectivity index (χ3n) is 4.88. The van der Waals surface area contributed by atoms with Crippen LogP contribution in [0.4, 0.5) is 5.69 Å². The largest absolute Gasteiger partial charge is 0.381 e. The lowest BCUT2D eigenvalue weighted by molar-refractivity contribution is 0.274. The Hall–Kier alpha value is -1.06. The van der Waals surface area contributed by atoms with Gasteiger partial charge in [0.2, 0.25) is 0 Å². The van der Waals surface area contributed by atoms with Crippen LogP contribution in [0.25, 0.3) is 0 Å². The Morgan fingerprint density at radius 2 is 1.81 bits per heavy atom. The number of nitrogens with one attached hydrogen (secondary N) is 1. The number of nitrogens with zero attached hydrogens (tertiary/aromatic N) is 2. The molecule has 0 spiro atoms. The van der Waals surface area contributed by atoms with Gasteiger partial charge in [0, 0.05) is 37.4 Å². The number of hydrogen-bond acceptors (Lipinski definition) is 3. The minimum Gasteiger partial charge on any atom is -0.381 e. The van der Waals surface area contributed by atoms with Gasteiger partial charge in [-0.3, -0.25) is 9.80 Å². The highest BCUT2D eigenvalue weighted by Gasteiger charge is 2.23. The van der Waals surface area contributed by atoms with Gasteiger partial charge in [-0.2, -0.15) is 0 Å². The van der Waals surface area contributed by atoms with Crippen molar-refractivity contribution in [2.75, 3.05) is 31.5 Å². The zero-order valence-corrected chi connectivity index (χ0v) is 13.5. The summed E-state index contributed by atoms with van der Waals surface area (Å²) in [4.78, 5) is 5.11. The molecule has 0 amide bonds. The molecule has 2 fully saturated rings. The SMILES string of the molecule is CC(C)N1CCC(Nc2ccc(CN3CCCC3)cc2)C1. The van der Waals surface area contributed by atoms with E-state index in [1.54, 1.807) is 0 Å². The van der Waals surface area contributed by atoms with Crippen LogP contribution >= 0.6 is 0 Å². The normalized spacial score (nSPS) is 24.0. The maximum Gasteiger partial charge on any atom is 0.0400 e. The van der Waals surface area contributed by atoms with Crippen molar-refractivity contribution >= 4 is 5.69 Å². The van der Waals surface area contributed by atoms with Gasteiger partial charge in [0.1, 0.15) is 0 Å². The predicted molar refractivity (Wildman–Crippen MR) is 89.7 cm³/mol. The molecule has 0 aromatic heterocycles. The van der Waals surface area contributed by atoms with Crippen LogP contribution in [0.3, 0.4) is 0 Å². The molecule has 3 heteroatoms. The van der Waals surface area contributed by atoms with Gasteiger partial charge in [-0.05, 0) is 63.9 Å². The first-order chi connectivity index (χ1) is 10.2. The summed E-state index contributed by atoms with van der Waals surface area (Å²) in [6.07, 6.45) is 4.00. The van der Waals surface area contributed by atoms with Gasteiger partial charge in [-0.1, -0.05) is 12.1 Å². The van der Waals surface area contributed by atoms with Gasteiger partial charge in [0.25, 0.3) is 0 Å². The molecule has 0 saturated carbocycles. The summed E-state index contributed by atoms with van der Waals surface area (Å²) in [6, 6.07) is 10.4. The summed E-state index contributed by atoms with van der Waals surface area (Å²) in [5, 5.41) is 3.69. The van der Waals surface area contributed by atoms with Crippen LogP contribution in [0.5, 0.6) is 0 Å². The van der Waals surface area contributed by atoms with Crippen molar-refractivity contribution in [3.8, 4) is 0 Å². The molecule has 1 aromatic rings. The third-order valence-corrected chi connectivity index (χ3v) is 4.88. The quantitative estimate of drug-likeness (QED) is 0.897. The fraction of sp³-hybridized carbons (Fsp3) is 0.667. The number of likely N-dealkylation sites (tertiary alicyclic amines) is 2. The average Bonchev–Trinajstić information content (AvgIpc) is 3.12. The van der Waals surface area contributed by atoms with E-state index >= 15 is 0 Å². The van der Waals surface area contributed by atoms with E-state index in [0.717, 1.165) is 6.54 Å². The molecule has 0 bridgehead atoms. The second-order valence-electron chi connectivity index (χ2n) is 6.90. The lowest BCUT2D eigenvalue weighted by atomic mass is 10.1. The van der Waals surface area contributed by atoms with Crippen molar-refractivity contribution in [1.82, 2.24) is 9.80 Å². The summed E-state index contributed by atoms with van der Waals surface area (Å²) < 4.78 is 0. The highest BCUT2D eigenvalue weighted by molar-refractivity contribution is 5.45. The summed E-state index contributed by atoms with van der Waals surface area (Å²) in [5.41, 5.74) is 2.72. The molecule has 3 nitrogen and oxygen atoms in total. The maximum absolute atomic E-state index is 3.69. The Labute approximate surface area is 129 Å². The molecule has 2 aliphatic heterocycles. The second-order valence-corrected chi connectivity index (χ2v) is 6.90. The number of anilines is 1. The molecule has 1 atom stereocenters. The number of hydrogen-bond donors (Lipinski definition) is 1. The van der Waals surface area contributed by atoms with E-state index in [4.69, 9.17) is 0 Å². The van der Waals surface area contributed by atoms with E-state index in [1.807, 2.05) is 0 Å².